The number of ether oxygens (including phenoxy) is 1. The smallest absolute Gasteiger partial charge is 0.304 e. The van der Waals surface area contributed by atoms with E-state index in [1.807, 2.05) is 0 Å². The van der Waals surface area contributed by atoms with Gasteiger partial charge in [-0.25, -0.2) is 0 Å². The second-order valence-corrected chi connectivity index (χ2v) is 4.52. The van der Waals surface area contributed by atoms with Crippen molar-refractivity contribution in [3.05, 3.63) is 12.7 Å². The van der Waals surface area contributed by atoms with Crippen LogP contribution in [0, 0.1) is 23.7 Å². The Morgan fingerprint density at radius 3 is 2.50 bits per heavy atom. The van der Waals surface area contributed by atoms with E-state index in [-0.39, 0.29) is 0 Å². The monoisotopic (exact) mass is 276 g/mol. The Morgan fingerprint density at radius 1 is 1.25 bits per heavy atom. The average Bonchev–Trinajstić information content (AvgIpc) is 2.41. The van der Waals surface area contributed by atoms with Crippen molar-refractivity contribution in [1.82, 2.24) is 0 Å². The van der Waals surface area contributed by atoms with E-state index in [0.717, 1.165) is 12.8 Å². The fourth-order valence-electron chi connectivity index (χ4n) is 1.56. The maximum atomic E-state index is 10.7. The van der Waals surface area contributed by atoms with E-state index in [1.54, 1.807) is 0 Å². The molecule has 0 spiro atoms. The van der Waals surface area contributed by atoms with E-state index in [4.69, 9.17) is 4.74 Å². The van der Waals surface area contributed by atoms with Crippen LogP contribution >= 0.6 is 0 Å². The number of rotatable bonds is 8. The average molecular weight is 276 g/mol. The first-order valence-corrected chi connectivity index (χ1v) is 7.09. The predicted molar refractivity (Wildman–Crippen MR) is 80.7 cm³/mol. The lowest BCUT2D eigenvalue weighted by atomic mass is 10.1. The molecule has 0 aromatic rings. The standard InChI is InChI=1S/C17H24O3/c1-4-6-7-8-9-12-16(19)13-10-11-14-17(5-2)20-15(3)18/h5,16-17,19H,2,4,6-9,12H2,1,3H3/t16-,17+/m0/s1. The topological polar surface area (TPSA) is 46.5 Å². The van der Waals surface area contributed by atoms with Gasteiger partial charge in [0.05, 0.1) is 0 Å². The molecule has 20 heavy (non-hydrogen) atoms. The van der Waals surface area contributed by atoms with Crippen LogP contribution in [0.15, 0.2) is 12.7 Å². The molecule has 0 radical (unpaired) electrons. The van der Waals surface area contributed by atoms with Crippen molar-refractivity contribution in [3.8, 4) is 23.7 Å². The molecule has 0 aromatic carbocycles. The fraction of sp³-hybridized carbons (Fsp3) is 0.588. The summed E-state index contributed by atoms with van der Waals surface area (Å²) in [6.45, 7) is 7.00. The zero-order chi connectivity index (χ0) is 15.2. The summed E-state index contributed by atoms with van der Waals surface area (Å²) in [5, 5.41) is 9.63. The molecule has 1 N–H and O–H groups in total. The first kappa shape index (κ1) is 18.3. The lowest BCUT2D eigenvalue weighted by Crippen LogP contribution is -2.10. The van der Waals surface area contributed by atoms with Gasteiger partial charge in [-0.05, 0) is 36.7 Å². The molecular weight excluding hydrogens is 252 g/mol. The zero-order valence-electron chi connectivity index (χ0n) is 12.4. The van der Waals surface area contributed by atoms with Gasteiger partial charge in [0.2, 0.25) is 0 Å². The molecule has 3 heteroatoms. The molecule has 0 unspecified atom stereocenters. The van der Waals surface area contributed by atoms with Gasteiger partial charge in [0.15, 0.2) is 6.10 Å². The van der Waals surface area contributed by atoms with E-state index < -0.39 is 18.2 Å². The molecule has 0 rings (SSSR count). The van der Waals surface area contributed by atoms with Gasteiger partial charge in [0.25, 0.3) is 0 Å². The van der Waals surface area contributed by atoms with Gasteiger partial charge >= 0.3 is 5.97 Å². The highest BCUT2D eigenvalue weighted by atomic mass is 16.5. The molecule has 0 heterocycles. The predicted octanol–water partition coefficient (Wildman–Crippen LogP) is 2.83. The molecule has 2 atom stereocenters. The van der Waals surface area contributed by atoms with Crippen LogP contribution in [0.3, 0.4) is 0 Å². The van der Waals surface area contributed by atoms with Crippen molar-refractivity contribution in [2.45, 2.75) is 64.6 Å². The van der Waals surface area contributed by atoms with Crippen molar-refractivity contribution < 1.29 is 14.6 Å². The van der Waals surface area contributed by atoms with Crippen LogP contribution in [-0.4, -0.2) is 23.3 Å². The molecule has 0 saturated carbocycles. The third kappa shape index (κ3) is 11.4. The summed E-state index contributed by atoms with van der Waals surface area (Å²) in [5.41, 5.74) is 0. The second-order valence-electron chi connectivity index (χ2n) is 4.52. The van der Waals surface area contributed by atoms with Gasteiger partial charge in [-0.15, -0.1) is 0 Å². The van der Waals surface area contributed by atoms with Crippen molar-refractivity contribution in [3.63, 3.8) is 0 Å². The summed E-state index contributed by atoms with van der Waals surface area (Å²) >= 11 is 0. The molecule has 0 amide bonds. The van der Waals surface area contributed by atoms with E-state index >= 15 is 0 Å². The van der Waals surface area contributed by atoms with Crippen molar-refractivity contribution >= 4 is 5.97 Å². The molecule has 0 fully saturated rings. The molecule has 0 aliphatic carbocycles. The minimum atomic E-state index is -0.645. The highest BCUT2D eigenvalue weighted by Gasteiger charge is 2.01. The normalized spacial score (nSPS) is 12.2. The largest absolute Gasteiger partial charge is 0.445 e. The van der Waals surface area contributed by atoms with Crippen LogP contribution in [0.25, 0.3) is 0 Å². The molecule has 0 aliphatic heterocycles. The maximum Gasteiger partial charge on any atom is 0.304 e. The number of hydrogen-bond donors (Lipinski definition) is 1. The fourth-order valence-corrected chi connectivity index (χ4v) is 1.56. The lowest BCUT2D eigenvalue weighted by molar-refractivity contribution is -0.142. The number of esters is 1. The molecular formula is C17H24O3. The highest BCUT2D eigenvalue weighted by Crippen LogP contribution is 2.06. The van der Waals surface area contributed by atoms with Crippen LogP contribution in [0.4, 0.5) is 0 Å². The van der Waals surface area contributed by atoms with Crippen molar-refractivity contribution in [2.24, 2.45) is 0 Å². The number of carbonyl (C=O) groups excluding carboxylic acids is 1. The zero-order valence-corrected chi connectivity index (χ0v) is 12.4. The van der Waals surface area contributed by atoms with Gasteiger partial charge in [0, 0.05) is 6.92 Å². The Bertz CT molecular complexity index is 403. The SMILES string of the molecule is C=C[C@H](C#CC#C[C@@H](O)CCCCCCC)OC(C)=O. The van der Waals surface area contributed by atoms with Crippen LogP contribution in [0.5, 0.6) is 0 Å². The van der Waals surface area contributed by atoms with E-state index in [9.17, 15) is 9.90 Å². The summed E-state index contributed by atoms with van der Waals surface area (Å²) in [5.74, 6) is 10.0. The first-order valence-electron chi connectivity index (χ1n) is 7.09. The van der Waals surface area contributed by atoms with Crippen LogP contribution in [-0.2, 0) is 9.53 Å². The molecule has 0 aliphatic rings. The summed E-state index contributed by atoms with van der Waals surface area (Å²) < 4.78 is 4.85. The molecule has 0 aromatic heterocycles. The highest BCUT2D eigenvalue weighted by molar-refractivity contribution is 5.66. The Balaban J connectivity index is 4.00. The summed E-state index contributed by atoms with van der Waals surface area (Å²) in [7, 11) is 0. The minimum absolute atomic E-state index is 0.413. The first-order chi connectivity index (χ1) is 9.60. The Hall–Kier alpha value is -1.71. The Labute approximate surface area is 122 Å². The van der Waals surface area contributed by atoms with Gasteiger partial charge < -0.3 is 9.84 Å². The van der Waals surface area contributed by atoms with Crippen LogP contribution < -0.4 is 0 Å². The van der Waals surface area contributed by atoms with Gasteiger partial charge in [-0.2, -0.15) is 0 Å². The Kier molecular flexibility index (Phi) is 11.3. The molecule has 0 saturated heterocycles. The number of aliphatic hydroxyl groups excluding tert-OH is 1. The van der Waals surface area contributed by atoms with E-state index in [2.05, 4.69) is 37.2 Å². The van der Waals surface area contributed by atoms with E-state index in [0.29, 0.717) is 6.42 Å². The van der Waals surface area contributed by atoms with Gasteiger partial charge in [0.1, 0.15) is 6.10 Å². The second kappa shape index (κ2) is 12.3. The lowest BCUT2D eigenvalue weighted by Gasteiger charge is -2.03. The quantitative estimate of drug-likeness (QED) is 0.321. The molecule has 0 bridgehead atoms. The van der Waals surface area contributed by atoms with Crippen LogP contribution in [0.1, 0.15) is 52.4 Å². The molecule has 110 valence electrons. The van der Waals surface area contributed by atoms with Crippen molar-refractivity contribution in [1.29, 1.82) is 0 Å². The summed E-state index contributed by atoms with van der Waals surface area (Å²) in [6, 6.07) is 0. The van der Waals surface area contributed by atoms with Crippen LogP contribution in [0.2, 0.25) is 0 Å². The Morgan fingerprint density at radius 2 is 1.90 bits per heavy atom. The number of carbonyl (C=O) groups is 1. The minimum Gasteiger partial charge on any atom is -0.445 e. The summed E-state index contributed by atoms with van der Waals surface area (Å²) in [6.07, 6.45) is 6.59. The number of hydrogen-bond acceptors (Lipinski definition) is 3. The molecule has 3 nitrogen and oxygen atoms in total. The maximum absolute atomic E-state index is 10.7. The van der Waals surface area contributed by atoms with Gasteiger partial charge in [-0.3, -0.25) is 4.79 Å². The third-order valence-corrected chi connectivity index (χ3v) is 2.60. The van der Waals surface area contributed by atoms with Crippen molar-refractivity contribution in [2.75, 3.05) is 0 Å². The van der Waals surface area contributed by atoms with E-state index in [1.165, 1.54) is 32.3 Å². The number of aliphatic hydroxyl groups is 1. The van der Waals surface area contributed by atoms with Gasteiger partial charge in [-0.1, -0.05) is 45.1 Å². The summed E-state index contributed by atoms with van der Waals surface area (Å²) in [4.78, 5) is 10.7. The number of unbranched alkanes of at least 4 members (excludes halogenated alkanes) is 4. The third-order valence-electron chi connectivity index (χ3n) is 2.60.